The molecule has 26 heavy (non-hydrogen) atoms. The number of aromatic nitrogens is 2. The molecule has 0 aliphatic rings. The van der Waals surface area contributed by atoms with Crippen LogP contribution in [-0.4, -0.2) is 22.2 Å². The molecule has 1 N–H and O–H groups in total. The van der Waals surface area contributed by atoms with Crippen molar-refractivity contribution in [3.63, 3.8) is 0 Å². The zero-order valence-electron chi connectivity index (χ0n) is 14.4. The Morgan fingerprint density at radius 1 is 1.23 bits per heavy atom. The van der Waals surface area contributed by atoms with Gasteiger partial charge in [-0.05, 0) is 42.3 Å². The van der Waals surface area contributed by atoms with E-state index in [4.69, 9.17) is 9.26 Å². The number of carbonyl (C=O) groups is 1. The fourth-order valence-electron chi connectivity index (χ4n) is 2.40. The fraction of sp³-hybridized carbons (Fsp3) is 0.211. The van der Waals surface area contributed by atoms with E-state index in [0.717, 1.165) is 11.1 Å². The second-order valence-electron chi connectivity index (χ2n) is 5.67. The van der Waals surface area contributed by atoms with Crippen molar-refractivity contribution in [1.29, 1.82) is 0 Å². The number of nitrogens with one attached hydrogen (secondary N) is 1. The molecular formula is C19H18FN3O3. The number of anilines is 1. The predicted molar refractivity (Wildman–Crippen MR) is 94.2 cm³/mol. The fourth-order valence-corrected chi connectivity index (χ4v) is 2.40. The molecule has 0 radical (unpaired) electrons. The van der Waals surface area contributed by atoms with Gasteiger partial charge in [0, 0.05) is 5.56 Å². The van der Waals surface area contributed by atoms with Crippen molar-refractivity contribution in [1.82, 2.24) is 10.1 Å². The molecule has 0 saturated carbocycles. The predicted octanol–water partition coefficient (Wildman–Crippen LogP) is 3.98. The lowest BCUT2D eigenvalue weighted by molar-refractivity contribution is -0.123. The maximum atomic E-state index is 13.7. The highest BCUT2D eigenvalue weighted by molar-refractivity contribution is 5.92. The number of aryl methyl sites for hydroxylation is 1. The summed E-state index contributed by atoms with van der Waals surface area (Å²) in [4.78, 5) is 16.6. The summed E-state index contributed by atoms with van der Waals surface area (Å²) in [6, 6.07) is 13.5. The van der Waals surface area contributed by atoms with Crippen LogP contribution >= 0.6 is 0 Å². The molecule has 1 heterocycles. The van der Waals surface area contributed by atoms with Gasteiger partial charge in [-0.3, -0.25) is 10.1 Å². The van der Waals surface area contributed by atoms with E-state index in [0.29, 0.717) is 12.3 Å². The van der Waals surface area contributed by atoms with Gasteiger partial charge in [0.1, 0.15) is 0 Å². The lowest BCUT2D eigenvalue weighted by atomic mass is 10.1. The molecule has 0 unspecified atom stereocenters. The molecule has 1 aromatic heterocycles. The van der Waals surface area contributed by atoms with Crippen molar-refractivity contribution in [3.8, 4) is 17.2 Å². The van der Waals surface area contributed by atoms with Crippen LogP contribution in [0.4, 0.5) is 10.3 Å². The molecule has 0 fully saturated rings. The van der Waals surface area contributed by atoms with Gasteiger partial charge in [-0.15, -0.1) is 0 Å². The Bertz CT molecular complexity index is 910. The topological polar surface area (TPSA) is 77.2 Å². The van der Waals surface area contributed by atoms with Gasteiger partial charge in [0.15, 0.2) is 17.7 Å². The molecule has 0 saturated heterocycles. The highest BCUT2D eigenvalue weighted by Gasteiger charge is 2.22. The minimum absolute atomic E-state index is 0.0169. The molecule has 7 heteroatoms. The molecule has 2 aromatic carbocycles. The summed E-state index contributed by atoms with van der Waals surface area (Å²) in [5.41, 5.74) is 1.76. The lowest BCUT2D eigenvalue weighted by Crippen LogP contribution is -2.33. The summed E-state index contributed by atoms with van der Waals surface area (Å²) in [6.45, 7) is 3.69. The first-order chi connectivity index (χ1) is 12.6. The molecule has 0 bridgehead atoms. The van der Waals surface area contributed by atoms with E-state index in [-0.39, 0.29) is 11.7 Å². The van der Waals surface area contributed by atoms with Crippen molar-refractivity contribution in [3.05, 3.63) is 59.9 Å². The number of ether oxygens (including phenoxy) is 1. The molecule has 0 aliphatic carbocycles. The SMILES string of the molecule is CC[C@@H](Oc1ccccc1F)C(=O)Nc1noc(-c2ccccc2C)n1. The van der Waals surface area contributed by atoms with Crippen molar-refractivity contribution in [2.24, 2.45) is 0 Å². The Morgan fingerprint density at radius 2 is 1.96 bits per heavy atom. The van der Waals surface area contributed by atoms with E-state index < -0.39 is 17.8 Å². The van der Waals surface area contributed by atoms with Gasteiger partial charge in [-0.1, -0.05) is 37.3 Å². The number of nitrogens with zero attached hydrogens (tertiary/aromatic N) is 2. The van der Waals surface area contributed by atoms with Crippen LogP contribution in [0.25, 0.3) is 11.5 Å². The summed E-state index contributed by atoms with van der Waals surface area (Å²) in [6.07, 6.45) is -0.532. The number of carbonyl (C=O) groups excluding carboxylic acids is 1. The minimum atomic E-state index is -0.882. The number of amides is 1. The van der Waals surface area contributed by atoms with Gasteiger partial charge in [0.25, 0.3) is 17.7 Å². The normalized spacial score (nSPS) is 11.8. The van der Waals surface area contributed by atoms with Gasteiger partial charge >= 0.3 is 0 Å². The Hall–Kier alpha value is -3.22. The van der Waals surface area contributed by atoms with Gasteiger partial charge in [0.05, 0.1) is 0 Å². The molecule has 3 rings (SSSR count). The first-order valence-corrected chi connectivity index (χ1v) is 8.20. The highest BCUT2D eigenvalue weighted by atomic mass is 19.1. The molecule has 134 valence electrons. The summed E-state index contributed by atoms with van der Waals surface area (Å²) in [7, 11) is 0. The van der Waals surface area contributed by atoms with Crippen molar-refractivity contribution in [2.45, 2.75) is 26.4 Å². The molecule has 0 aliphatic heterocycles. The molecule has 6 nitrogen and oxygen atoms in total. The summed E-state index contributed by atoms with van der Waals surface area (Å²) < 4.78 is 24.4. The third-order valence-electron chi connectivity index (χ3n) is 3.81. The Morgan fingerprint density at radius 3 is 2.69 bits per heavy atom. The zero-order valence-corrected chi connectivity index (χ0v) is 14.4. The Balaban J connectivity index is 1.71. The van der Waals surface area contributed by atoms with Gasteiger partial charge in [-0.25, -0.2) is 4.39 Å². The summed E-state index contributed by atoms with van der Waals surface area (Å²) in [5.74, 6) is -0.651. The third-order valence-corrected chi connectivity index (χ3v) is 3.81. The first-order valence-electron chi connectivity index (χ1n) is 8.20. The summed E-state index contributed by atoms with van der Waals surface area (Å²) in [5, 5.41) is 6.31. The molecular weight excluding hydrogens is 337 g/mol. The lowest BCUT2D eigenvalue weighted by Gasteiger charge is -2.16. The number of para-hydroxylation sites is 1. The quantitative estimate of drug-likeness (QED) is 0.724. The van der Waals surface area contributed by atoms with E-state index in [2.05, 4.69) is 15.5 Å². The van der Waals surface area contributed by atoms with Gasteiger partial charge in [-0.2, -0.15) is 4.98 Å². The number of rotatable bonds is 6. The third kappa shape index (κ3) is 3.88. The van der Waals surface area contributed by atoms with Crippen molar-refractivity contribution >= 4 is 11.9 Å². The van der Waals surface area contributed by atoms with E-state index in [9.17, 15) is 9.18 Å². The molecule has 3 aromatic rings. The molecule has 1 amide bonds. The second-order valence-corrected chi connectivity index (χ2v) is 5.67. The number of benzene rings is 2. The monoisotopic (exact) mass is 355 g/mol. The van der Waals surface area contributed by atoms with Crippen molar-refractivity contribution in [2.75, 3.05) is 5.32 Å². The standard InChI is InChI=1S/C19H18FN3O3/c1-3-15(25-16-11-7-6-10-14(16)20)17(24)21-19-22-18(26-23-19)13-9-5-4-8-12(13)2/h4-11,15H,3H2,1-2H3,(H,21,23,24)/t15-/m1/s1. The Kier molecular flexibility index (Phi) is 5.26. The number of hydrogen-bond donors (Lipinski definition) is 1. The van der Waals surface area contributed by atoms with Gasteiger partial charge in [0.2, 0.25) is 0 Å². The first kappa shape index (κ1) is 17.6. The largest absolute Gasteiger partial charge is 0.478 e. The zero-order chi connectivity index (χ0) is 18.5. The smallest absolute Gasteiger partial charge is 0.270 e. The van der Waals surface area contributed by atoms with E-state index in [1.807, 2.05) is 31.2 Å². The highest BCUT2D eigenvalue weighted by Crippen LogP contribution is 2.23. The van der Waals surface area contributed by atoms with Crippen LogP contribution in [0.5, 0.6) is 5.75 Å². The van der Waals surface area contributed by atoms with Crippen LogP contribution in [0.15, 0.2) is 53.1 Å². The maximum absolute atomic E-state index is 13.7. The van der Waals surface area contributed by atoms with Crippen LogP contribution in [0.2, 0.25) is 0 Å². The number of hydrogen-bond acceptors (Lipinski definition) is 5. The average molecular weight is 355 g/mol. The van der Waals surface area contributed by atoms with Crippen LogP contribution in [0.1, 0.15) is 18.9 Å². The van der Waals surface area contributed by atoms with E-state index >= 15 is 0 Å². The molecule has 1 atom stereocenters. The maximum Gasteiger partial charge on any atom is 0.270 e. The average Bonchev–Trinajstić information content (AvgIpc) is 3.09. The molecule has 0 spiro atoms. The van der Waals surface area contributed by atoms with Crippen LogP contribution < -0.4 is 10.1 Å². The van der Waals surface area contributed by atoms with E-state index in [1.165, 1.54) is 12.1 Å². The Labute approximate surface area is 150 Å². The summed E-state index contributed by atoms with van der Waals surface area (Å²) >= 11 is 0. The van der Waals surface area contributed by atoms with Gasteiger partial charge < -0.3 is 9.26 Å². The van der Waals surface area contributed by atoms with Crippen molar-refractivity contribution < 1.29 is 18.4 Å². The van der Waals surface area contributed by atoms with Crippen LogP contribution in [-0.2, 0) is 4.79 Å². The number of halogens is 1. The van der Waals surface area contributed by atoms with Crippen LogP contribution in [0, 0.1) is 12.7 Å². The minimum Gasteiger partial charge on any atom is -0.478 e. The van der Waals surface area contributed by atoms with E-state index in [1.54, 1.807) is 19.1 Å². The van der Waals surface area contributed by atoms with Crippen LogP contribution in [0.3, 0.4) is 0 Å². The second kappa shape index (κ2) is 7.77.